The van der Waals surface area contributed by atoms with Crippen molar-refractivity contribution >= 4 is 16.0 Å². The van der Waals surface area contributed by atoms with E-state index in [-0.39, 0.29) is 44.3 Å². The summed E-state index contributed by atoms with van der Waals surface area (Å²) in [6.45, 7) is 1.18. The monoisotopic (exact) mass is 521 g/mol. The Balaban J connectivity index is 1.50. The molecule has 196 valence electrons. The molecule has 0 aromatic carbocycles. The van der Waals surface area contributed by atoms with Crippen LogP contribution in [0.15, 0.2) is 0 Å². The summed E-state index contributed by atoms with van der Waals surface area (Å²) < 4.78 is 109. The molecule has 8 nitrogen and oxygen atoms in total. The fourth-order valence-corrected chi connectivity index (χ4v) is 7.22. The van der Waals surface area contributed by atoms with Gasteiger partial charge in [0, 0.05) is 12.0 Å². The van der Waals surface area contributed by atoms with E-state index in [0.717, 1.165) is 13.3 Å². The van der Waals surface area contributed by atoms with Crippen molar-refractivity contribution in [1.29, 1.82) is 0 Å². The van der Waals surface area contributed by atoms with Gasteiger partial charge in [0.2, 0.25) is 0 Å². The van der Waals surface area contributed by atoms with Crippen molar-refractivity contribution in [3.8, 4) is 0 Å². The predicted octanol–water partition coefficient (Wildman–Crippen LogP) is 2.60. The van der Waals surface area contributed by atoms with E-state index in [0.29, 0.717) is 19.3 Å². The number of nitrogens with one attached hydrogen (secondary N) is 1. The van der Waals surface area contributed by atoms with E-state index in [1.54, 1.807) is 0 Å². The van der Waals surface area contributed by atoms with Gasteiger partial charge in [-0.2, -0.15) is 30.4 Å². The van der Waals surface area contributed by atoms with E-state index in [9.17, 15) is 40.3 Å². The predicted molar refractivity (Wildman–Crippen MR) is 105 cm³/mol. The van der Waals surface area contributed by atoms with Gasteiger partial charge in [-0.25, -0.2) is 0 Å². The van der Waals surface area contributed by atoms with Crippen molar-refractivity contribution < 1.29 is 53.9 Å². The Bertz CT molecular complexity index is 905. The highest BCUT2D eigenvalue weighted by Crippen LogP contribution is 2.57. The summed E-state index contributed by atoms with van der Waals surface area (Å²) in [7, 11) is -6.36. The molecule has 4 saturated carbocycles. The zero-order valence-electron chi connectivity index (χ0n) is 18.5. The highest BCUT2D eigenvalue weighted by Gasteiger charge is 2.63. The van der Waals surface area contributed by atoms with Crippen LogP contribution >= 0.6 is 0 Å². The summed E-state index contributed by atoms with van der Waals surface area (Å²) in [5, 5.41) is 7.47. The SMILES string of the molecule is CC1(CC(OS(=O)(=O)C(F)(F)C(=O)NC23CC4CC(CC(O)(C4)C2)C3)C(F)(F)F)OCCCO1. The fourth-order valence-electron chi connectivity index (χ4n) is 6.34. The average Bonchev–Trinajstić information content (AvgIpc) is 2.64. The van der Waals surface area contributed by atoms with E-state index >= 15 is 0 Å². The number of carbonyl (C=O) groups excluding carboxylic acids is 1. The molecule has 0 spiro atoms. The number of amides is 1. The summed E-state index contributed by atoms with van der Waals surface area (Å²) in [6, 6.07) is 0. The molecule has 0 aromatic rings. The highest BCUT2D eigenvalue weighted by atomic mass is 32.2. The van der Waals surface area contributed by atoms with Crippen molar-refractivity contribution in [1.82, 2.24) is 5.32 Å². The minimum absolute atomic E-state index is 0.0149. The van der Waals surface area contributed by atoms with Gasteiger partial charge in [-0.15, -0.1) is 0 Å². The van der Waals surface area contributed by atoms with Crippen LogP contribution in [0.1, 0.15) is 58.3 Å². The van der Waals surface area contributed by atoms with Gasteiger partial charge in [0.05, 0.1) is 18.8 Å². The Kier molecular flexibility index (Phi) is 6.28. The Labute approximate surface area is 193 Å². The van der Waals surface area contributed by atoms with E-state index in [1.807, 2.05) is 0 Å². The number of carbonyl (C=O) groups is 1. The molecular weight excluding hydrogens is 493 g/mol. The second-order valence-corrected chi connectivity index (χ2v) is 12.0. The molecule has 1 saturated heterocycles. The summed E-state index contributed by atoms with van der Waals surface area (Å²) in [5.74, 6) is -4.20. The molecule has 5 rings (SSSR count). The van der Waals surface area contributed by atoms with Crippen molar-refractivity contribution in [2.24, 2.45) is 11.8 Å². The normalized spacial score (nSPS) is 36.3. The number of hydrogen-bond donors (Lipinski definition) is 2. The number of rotatable bonds is 7. The number of alkyl halides is 5. The lowest BCUT2D eigenvalue weighted by atomic mass is 9.51. The van der Waals surface area contributed by atoms with Crippen LogP contribution in [0.25, 0.3) is 0 Å². The first-order chi connectivity index (χ1) is 15.5. The first kappa shape index (κ1) is 26.0. The Morgan fingerprint density at radius 1 is 1.12 bits per heavy atom. The first-order valence-electron chi connectivity index (χ1n) is 11.2. The van der Waals surface area contributed by atoms with Crippen molar-refractivity contribution in [3.63, 3.8) is 0 Å². The molecule has 1 aliphatic heterocycles. The molecule has 3 atom stereocenters. The van der Waals surface area contributed by atoms with Crippen molar-refractivity contribution in [2.75, 3.05) is 13.2 Å². The zero-order chi connectivity index (χ0) is 25.2. The third kappa shape index (κ3) is 4.93. The van der Waals surface area contributed by atoms with E-state index in [2.05, 4.69) is 9.50 Å². The topological polar surface area (TPSA) is 111 Å². The van der Waals surface area contributed by atoms with Crippen molar-refractivity contribution in [2.45, 2.75) is 92.8 Å². The fraction of sp³-hybridized carbons (Fsp3) is 0.950. The lowest BCUT2D eigenvalue weighted by Crippen LogP contribution is -2.67. The van der Waals surface area contributed by atoms with Crippen LogP contribution in [-0.4, -0.2) is 67.1 Å². The molecule has 0 aromatic heterocycles. The summed E-state index contributed by atoms with van der Waals surface area (Å²) in [6.07, 6.45) is -7.17. The summed E-state index contributed by atoms with van der Waals surface area (Å²) >= 11 is 0. The Hall–Kier alpha value is -1.09. The van der Waals surface area contributed by atoms with Crippen LogP contribution in [0.5, 0.6) is 0 Å². The molecule has 14 heteroatoms. The first-order valence-corrected chi connectivity index (χ1v) is 12.6. The van der Waals surface area contributed by atoms with Gasteiger partial charge < -0.3 is 19.9 Å². The summed E-state index contributed by atoms with van der Waals surface area (Å²) in [4.78, 5) is 12.5. The molecule has 0 radical (unpaired) electrons. The number of aliphatic hydroxyl groups is 1. The number of halogens is 5. The Morgan fingerprint density at radius 2 is 1.68 bits per heavy atom. The van der Waals surface area contributed by atoms with Gasteiger partial charge in [0.1, 0.15) is 0 Å². The summed E-state index contributed by atoms with van der Waals surface area (Å²) in [5.41, 5.74) is -2.38. The van der Waals surface area contributed by atoms with Crippen molar-refractivity contribution in [3.05, 3.63) is 0 Å². The van der Waals surface area contributed by atoms with Gasteiger partial charge in [0.15, 0.2) is 11.9 Å². The van der Waals surface area contributed by atoms with Gasteiger partial charge in [-0.1, -0.05) is 0 Å². The van der Waals surface area contributed by atoms with Crippen LogP contribution in [0.4, 0.5) is 22.0 Å². The third-order valence-corrected chi connectivity index (χ3v) is 8.55. The highest BCUT2D eigenvalue weighted by molar-refractivity contribution is 7.88. The molecule has 1 heterocycles. The lowest BCUT2D eigenvalue weighted by molar-refractivity contribution is -0.288. The van der Waals surface area contributed by atoms with Crippen LogP contribution in [0.3, 0.4) is 0 Å². The molecule has 34 heavy (non-hydrogen) atoms. The molecule has 3 unspecified atom stereocenters. The number of ether oxygens (including phenoxy) is 2. The van der Waals surface area contributed by atoms with E-state index in [1.165, 1.54) is 0 Å². The molecule has 1 amide bonds. The average molecular weight is 522 g/mol. The lowest BCUT2D eigenvalue weighted by Gasteiger charge is -2.60. The quantitative estimate of drug-likeness (QED) is 0.391. The molecule has 5 fully saturated rings. The van der Waals surface area contributed by atoms with Gasteiger partial charge >= 0.3 is 27.5 Å². The Morgan fingerprint density at radius 3 is 2.18 bits per heavy atom. The molecular formula is C20H28F5NO7S. The van der Waals surface area contributed by atoms with Crippen LogP contribution < -0.4 is 5.32 Å². The maximum absolute atomic E-state index is 14.8. The second kappa shape index (κ2) is 8.22. The number of hydrogen-bond acceptors (Lipinski definition) is 7. The van der Waals surface area contributed by atoms with E-state index in [4.69, 9.17) is 9.47 Å². The maximum Gasteiger partial charge on any atom is 0.446 e. The van der Waals surface area contributed by atoms with Gasteiger partial charge in [-0.05, 0) is 63.7 Å². The largest absolute Gasteiger partial charge is 0.446 e. The third-order valence-electron chi connectivity index (χ3n) is 7.25. The molecule has 2 N–H and O–H groups in total. The maximum atomic E-state index is 14.8. The smallest absolute Gasteiger partial charge is 0.390 e. The standard InChI is InChI=1S/C20H28F5NO7S/c1-16(31-3-2-4-32-16)10-14(19(21,22)23)33-34(29,30)20(24,25)15(27)26-17-6-12-5-13(7-17)9-18(28,8-12)11-17/h12-14,28H,2-11H2,1H3,(H,26,27). The van der Waals surface area contributed by atoms with E-state index < -0.39 is 56.9 Å². The van der Waals surface area contributed by atoms with Crippen LogP contribution in [0.2, 0.25) is 0 Å². The molecule has 4 bridgehead atoms. The minimum Gasteiger partial charge on any atom is -0.390 e. The zero-order valence-corrected chi connectivity index (χ0v) is 19.3. The van der Waals surface area contributed by atoms with Crippen LogP contribution in [0, 0.1) is 11.8 Å². The second-order valence-electron chi connectivity index (χ2n) is 10.4. The molecule has 4 aliphatic carbocycles. The van der Waals surface area contributed by atoms with Gasteiger partial charge in [-0.3, -0.25) is 8.98 Å². The minimum atomic E-state index is -6.36. The van der Waals surface area contributed by atoms with Gasteiger partial charge in [0.25, 0.3) is 0 Å². The molecule has 5 aliphatic rings. The van der Waals surface area contributed by atoms with Crippen LogP contribution in [-0.2, 0) is 28.6 Å².